The van der Waals surface area contributed by atoms with Crippen molar-refractivity contribution in [1.29, 1.82) is 0 Å². The summed E-state index contributed by atoms with van der Waals surface area (Å²) in [6.45, 7) is 8.88. The summed E-state index contributed by atoms with van der Waals surface area (Å²) >= 11 is 0. The molecule has 0 unspecified atom stereocenters. The molecule has 3 nitrogen and oxygen atoms in total. The fraction of sp³-hybridized carbons (Fsp3) is 0.933. The Kier molecular flexibility index (Phi) is 5.20. The van der Waals surface area contributed by atoms with E-state index in [4.69, 9.17) is 9.84 Å². The lowest BCUT2D eigenvalue weighted by atomic mass is 9.76. The minimum Gasteiger partial charge on any atom is -0.481 e. The van der Waals surface area contributed by atoms with Gasteiger partial charge >= 0.3 is 5.97 Å². The van der Waals surface area contributed by atoms with E-state index in [1.807, 2.05) is 0 Å². The van der Waals surface area contributed by atoms with Gasteiger partial charge in [-0.1, -0.05) is 13.8 Å². The van der Waals surface area contributed by atoms with Crippen molar-refractivity contribution in [2.24, 2.45) is 10.8 Å². The van der Waals surface area contributed by atoms with Crippen molar-refractivity contribution in [1.82, 2.24) is 0 Å². The van der Waals surface area contributed by atoms with Gasteiger partial charge in [0.1, 0.15) is 0 Å². The highest BCUT2D eigenvalue weighted by atomic mass is 16.5. The second-order valence-corrected chi connectivity index (χ2v) is 7.03. The first-order valence-electron chi connectivity index (χ1n) is 7.08. The zero-order valence-electron chi connectivity index (χ0n) is 12.3. The molecule has 0 aliphatic heterocycles. The number of ether oxygens (including phenoxy) is 1. The first kappa shape index (κ1) is 15.5. The fourth-order valence-electron chi connectivity index (χ4n) is 2.41. The van der Waals surface area contributed by atoms with Gasteiger partial charge in [-0.2, -0.15) is 0 Å². The Morgan fingerprint density at radius 2 is 1.89 bits per heavy atom. The van der Waals surface area contributed by atoms with Crippen molar-refractivity contribution in [3.8, 4) is 0 Å². The zero-order valence-corrected chi connectivity index (χ0v) is 12.3. The highest BCUT2D eigenvalue weighted by Crippen LogP contribution is 2.36. The molecule has 1 aliphatic carbocycles. The molecule has 0 aromatic rings. The van der Waals surface area contributed by atoms with E-state index < -0.39 is 11.4 Å². The third kappa shape index (κ3) is 4.97. The molecule has 1 N–H and O–H groups in total. The lowest BCUT2D eigenvalue weighted by Crippen LogP contribution is -2.27. The van der Waals surface area contributed by atoms with Crippen LogP contribution in [0.2, 0.25) is 0 Å². The summed E-state index contributed by atoms with van der Waals surface area (Å²) in [5.41, 5.74) is -0.150. The van der Waals surface area contributed by atoms with Crippen molar-refractivity contribution in [2.75, 3.05) is 6.61 Å². The van der Waals surface area contributed by atoms with Crippen LogP contribution in [0.15, 0.2) is 0 Å². The molecular weight excluding hydrogens is 228 g/mol. The van der Waals surface area contributed by atoms with Crippen molar-refractivity contribution in [3.63, 3.8) is 0 Å². The second kappa shape index (κ2) is 6.05. The Balaban J connectivity index is 2.14. The van der Waals surface area contributed by atoms with E-state index in [0.29, 0.717) is 24.5 Å². The number of carboxylic acids is 1. The van der Waals surface area contributed by atoms with Crippen LogP contribution in [-0.2, 0) is 9.53 Å². The van der Waals surface area contributed by atoms with Crippen LogP contribution in [0.4, 0.5) is 0 Å². The Hall–Kier alpha value is -0.570. The van der Waals surface area contributed by atoms with E-state index >= 15 is 0 Å². The van der Waals surface area contributed by atoms with Gasteiger partial charge in [0.05, 0.1) is 11.5 Å². The Labute approximate surface area is 111 Å². The van der Waals surface area contributed by atoms with Crippen LogP contribution in [0, 0.1) is 10.8 Å². The fourth-order valence-corrected chi connectivity index (χ4v) is 2.41. The highest BCUT2D eigenvalue weighted by Gasteiger charge is 2.28. The summed E-state index contributed by atoms with van der Waals surface area (Å²) in [5.74, 6) is -0.720. The average Bonchev–Trinajstić information content (AvgIpc) is 2.26. The van der Waals surface area contributed by atoms with E-state index in [1.54, 1.807) is 13.8 Å². The van der Waals surface area contributed by atoms with Crippen LogP contribution >= 0.6 is 0 Å². The van der Waals surface area contributed by atoms with Gasteiger partial charge in [-0.3, -0.25) is 4.79 Å². The standard InChI is InChI=1S/C15H28O3/c1-14(2)9-6-12(7-10-14)18-11-5-8-15(3,4)13(16)17/h12H,5-11H2,1-4H3,(H,16,17). The molecule has 0 spiro atoms. The molecule has 1 saturated carbocycles. The summed E-state index contributed by atoms with van der Waals surface area (Å²) in [7, 11) is 0. The first-order chi connectivity index (χ1) is 8.23. The molecule has 0 bridgehead atoms. The van der Waals surface area contributed by atoms with E-state index in [-0.39, 0.29) is 0 Å². The minimum absolute atomic E-state index is 0.394. The molecule has 1 fully saturated rings. The molecular formula is C15H28O3. The van der Waals surface area contributed by atoms with Gasteiger partial charge in [0, 0.05) is 6.61 Å². The number of carbonyl (C=O) groups is 1. The van der Waals surface area contributed by atoms with Crippen LogP contribution in [0.3, 0.4) is 0 Å². The summed E-state index contributed by atoms with van der Waals surface area (Å²) in [6.07, 6.45) is 6.67. The van der Waals surface area contributed by atoms with Crippen LogP contribution in [0.25, 0.3) is 0 Å². The molecule has 0 aromatic heterocycles. The van der Waals surface area contributed by atoms with Gasteiger partial charge in [-0.15, -0.1) is 0 Å². The topological polar surface area (TPSA) is 46.5 Å². The van der Waals surface area contributed by atoms with E-state index in [9.17, 15) is 4.79 Å². The predicted molar refractivity (Wildman–Crippen MR) is 72.6 cm³/mol. The maximum absolute atomic E-state index is 10.9. The van der Waals surface area contributed by atoms with Gasteiger partial charge in [-0.05, 0) is 57.8 Å². The molecule has 0 heterocycles. The summed E-state index contributed by atoms with van der Waals surface area (Å²) < 4.78 is 5.86. The number of hydrogen-bond acceptors (Lipinski definition) is 2. The van der Waals surface area contributed by atoms with E-state index in [2.05, 4.69) is 13.8 Å². The van der Waals surface area contributed by atoms with Gasteiger partial charge in [0.15, 0.2) is 0 Å². The summed E-state index contributed by atoms with van der Waals surface area (Å²) in [6, 6.07) is 0. The Morgan fingerprint density at radius 1 is 1.33 bits per heavy atom. The monoisotopic (exact) mass is 256 g/mol. The molecule has 1 aliphatic rings. The molecule has 0 radical (unpaired) electrons. The SMILES string of the molecule is CC1(C)CCC(OCCCC(C)(C)C(=O)O)CC1. The van der Waals surface area contributed by atoms with Gasteiger partial charge in [0.25, 0.3) is 0 Å². The van der Waals surface area contributed by atoms with Gasteiger partial charge in [0.2, 0.25) is 0 Å². The van der Waals surface area contributed by atoms with E-state index in [1.165, 1.54) is 12.8 Å². The molecule has 0 aromatic carbocycles. The third-order valence-corrected chi connectivity index (χ3v) is 4.16. The summed E-state index contributed by atoms with van der Waals surface area (Å²) in [5, 5.41) is 9.01. The normalized spacial score (nSPS) is 20.9. The quantitative estimate of drug-likeness (QED) is 0.734. The van der Waals surface area contributed by atoms with Crippen molar-refractivity contribution >= 4 is 5.97 Å². The number of rotatable bonds is 6. The molecule has 0 atom stereocenters. The molecule has 0 amide bonds. The van der Waals surface area contributed by atoms with Crippen molar-refractivity contribution < 1.29 is 14.6 Å². The van der Waals surface area contributed by atoms with Crippen LogP contribution in [-0.4, -0.2) is 23.8 Å². The molecule has 1 rings (SSSR count). The van der Waals surface area contributed by atoms with Gasteiger partial charge in [-0.25, -0.2) is 0 Å². The number of aliphatic carboxylic acids is 1. The molecule has 18 heavy (non-hydrogen) atoms. The molecule has 106 valence electrons. The lowest BCUT2D eigenvalue weighted by Gasteiger charge is -2.34. The smallest absolute Gasteiger partial charge is 0.309 e. The zero-order chi connectivity index (χ0) is 13.8. The minimum atomic E-state index is -0.720. The van der Waals surface area contributed by atoms with Crippen molar-refractivity contribution in [3.05, 3.63) is 0 Å². The number of hydrogen-bond donors (Lipinski definition) is 1. The predicted octanol–water partition coefficient (Wildman–Crippen LogP) is 3.86. The third-order valence-electron chi connectivity index (χ3n) is 4.16. The first-order valence-corrected chi connectivity index (χ1v) is 7.08. The Bertz CT molecular complexity index is 271. The maximum atomic E-state index is 10.9. The van der Waals surface area contributed by atoms with Crippen LogP contribution < -0.4 is 0 Å². The second-order valence-electron chi connectivity index (χ2n) is 7.03. The highest BCUT2D eigenvalue weighted by molar-refractivity contribution is 5.73. The average molecular weight is 256 g/mol. The summed E-state index contributed by atoms with van der Waals surface area (Å²) in [4.78, 5) is 10.9. The Morgan fingerprint density at radius 3 is 2.39 bits per heavy atom. The van der Waals surface area contributed by atoms with Crippen LogP contribution in [0.5, 0.6) is 0 Å². The van der Waals surface area contributed by atoms with Crippen molar-refractivity contribution in [2.45, 2.75) is 72.3 Å². The van der Waals surface area contributed by atoms with Gasteiger partial charge < -0.3 is 9.84 Å². The lowest BCUT2D eigenvalue weighted by molar-refractivity contribution is -0.147. The molecule has 0 saturated heterocycles. The number of carboxylic acid groups (broad SMARTS) is 1. The van der Waals surface area contributed by atoms with E-state index in [0.717, 1.165) is 19.3 Å². The van der Waals surface area contributed by atoms with Crippen LogP contribution in [0.1, 0.15) is 66.2 Å². The molecule has 3 heteroatoms. The largest absolute Gasteiger partial charge is 0.481 e. The maximum Gasteiger partial charge on any atom is 0.309 e.